The van der Waals surface area contributed by atoms with Crippen LogP contribution in [0.1, 0.15) is 22.4 Å². The van der Waals surface area contributed by atoms with Crippen LogP contribution in [0.15, 0.2) is 30.5 Å². The Labute approximate surface area is 112 Å². The van der Waals surface area contributed by atoms with Crippen LogP contribution in [0.3, 0.4) is 0 Å². The van der Waals surface area contributed by atoms with E-state index < -0.39 is 0 Å². The summed E-state index contributed by atoms with van der Waals surface area (Å²) in [6.45, 7) is 3.40. The molecule has 0 aromatic carbocycles. The van der Waals surface area contributed by atoms with Gasteiger partial charge in [-0.25, -0.2) is 0 Å². The smallest absolute Gasteiger partial charge is 0.138 e. The molecule has 2 rings (SSSR count). The molecule has 0 unspecified atom stereocenters. The lowest BCUT2D eigenvalue weighted by atomic mass is 10.3. The second-order valence-electron chi connectivity index (χ2n) is 4.03. The lowest BCUT2D eigenvalue weighted by molar-refractivity contribution is 0.308. The predicted octanol–water partition coefficient (Wildman–Crippen LogP) is 2.79. The van der Waals surface area contributed by atoms with Crippen molar-refractivity contribution in [2.45, 2.75) is 26.4 Å². The van der Waals surface area contributed by atoms with Crippen LogP contribution < -0.4 is 10.5 Å². The van der Waals surface area contributed by atoms with Crippen LogP contribution in [-0.2, 0) is 19.4 Å². The molecule has 0 saturated heterocycles. The maximum atomic E-state index is 5.70. The average Bonchev–Trinajstić information content (AvgIpc) is 2.86. The minimum absolute atomic E-state index is 0.614. The van der Waals surface area contributed by atoms with Crippen molar-refractivity contribution in [1.29, 1.82) is 0 Å². The van der Waals surface area contributed by atoms with Gasteiger partial charge in [0.25, 0.3) is 0 Å². The Morgan fingerprint density at radius 2 is 2.06 bits per heavy atom. The molecule has 0 saturated carbocycles. The maximum Gasteiger partial charge on any atom is 0.138 e. The number of nitrogens with two attached hydrogens (primary N) is 1. The fourth-order valence-corrected chi connectivity index (χ4v) is 2.51. The number of hydrogen-bond acceptors (Lipinski definition) is 4. The molecule has 0 aliphatic heterocycles. The van der Waals surface area contributed by atoms with Crippen molar-refractivity contribution in [3.05, 3.63) is 45.9 Å². The molecule has 2 aromatic rings. The molecule has 0 atom stereocenters. The molecule has 2 heterocycles. The zero-order valence-corrected chi connectivity index (χ0v) is 11.4. The van der Waals surface area contributed by atoms with E-state index >= 15 is 0 Å². The largest absolute Gasteiger partial charge is 0.486 e. The van der Waals surface area contributed by atoms with E-state index in [1.807, 2.05) is 12.1 Å². The van der Waals surface area contributed by atoms with E-state index in [0.29, 0.717) is 13.2 Å². The van der Waals surface area contributed by atoms with Crippen LogP contribution >= 0.6 is 11.3 Å². The van der Waals surface area contributed by atoms with Crippen molar-refractivity contribution in [3.63, 3.8) is 0 Å². The molecule has 0 radical (unpaired) electrons. The summed E-state index contributed by atoms with van der Waals surface area (Å²) >= 11 is 1.80. The summed E-state index contributed by atoms with van der Waals surface area (Å²) in [6.07, 6.45) is 3.66. The van der Waals surface area contributed by atoms with E-state index in [9.17, 15) is 0 Å². The number of rotatable bonds is 6. The van der Waals surface area contributed by atoms with Gasteiger partial charge >= 0.3 is 0 Å². The van der Waals surface area contributed by atoms with Crippen LogP contribution in [0.5, 0.6) is 5.75 Å². The molecule has 0 bridgehead atoms. The summed E-state index contributed by atoms with van der Waals surface area (Å²) in [5.74, 6) is 0.808. The van der Waals surface area contributed by atoms with Crippen molar-refractivity contribution in [2.75, 3.05) is 6.54 Å². The van der Waals surface area contributed by atoms with Crippen molar-refractivity contribution < 1.29 is 4.74 Å². The number of aryl methyl sites for hydroxylation is 1. The van der Waals surface area contributed by atoms with Crippen molar-refractivity contribution in [3.8, 4) is 5.75 Å². The van der Waals surface area contributed by atoms with Crippen molar-refractivity contribution in [2.24, 2.45) is 5.73 Å². The van der Waals surface area contributed by atoms with Gasteiger partial charge in [0.05, 0.1) is 6.20 Å². The Hall–Kier alpha value is -1.39. The highest BCUT2D eigenvalue weighted by molar-refractivity contribution is 7.11. The Morgan fingerprint density at radius 3 is 2.67 bits per heavy atom. The molecule has 4 heteroatoms. The van der Waals surface area contributed by atoms with Gasteiger partial charge in [-0.2, -0.15) is 0 Å². The normalized spacial score (nSPS) is 10.6. The third kappa shape index (κ3) is 3.55. The van der Waals surface area contributed by atoms with E-state index in [4.69, 9.17) is 10.5 Å². The van der Waals surface area contributed by atoms with Crippen molar-refractivity contribution in [1.82, 2.24) is 4.98 Å². The van der Waals surface area contributed by atoms with E-state index in [1.165, 1.54) is 9.75 Å². The summed E-state index contributed by atoms with van der Waals surface area (Å²) in [5, 5.41) is 0. The summed E-state index contributed by atoms with van der Waals surface area (Å²) in [7, 11) is 0. The first-order valence-corrected chi connectivity index (χ1v) is 6.99. The van der Waals surface area contributed by atoms with Crippen LogP contribution in [-0.4, -0.2) is 11.5 Å². The molecule has 2 N–H and O–H groups in total. The fraction of sp³-hybridized carbons (Fsp3) is 0.357. The Balaban J connectivity index is 1.89. The predicted molar refractivity (Wildman–Crippen MR) is 75.0 cm³/mol. The van der Waals surface area contributed by atoms with Gasteiger partial charge in [0.15, 0.2) is 0 Å². The van der Waals surface area contributed by atoms with Crippen LogP contribution in [0.2, 0.25) is 0 Å². The first-order chi connectivity index (χ1) is 8.81. The van der Waals surface area contributed by atoms with E-state index in [2.05, 4.69) is 24.0 Å². The zero-order valence-electron chi connectivity index (χ0n) is 10.6. The first-order valence-electron chi connectivity index (χ1n) is 6.17. The number of nitrogens with zero attached hydrogens (tertiary/aromatic N) is 1. The van der Waals surface area contributed by atoms with Gasteiger partial charge in [-0.05, 0) is 37.2 Å². The number of thiophene rings is 1. The van der Waals surface area contributed by atoms with E-state index in [-0.39, 0.29) is 0 Å². The molecule has 0 fully saturated rings. The number of pyridine rings is 1. The van der Waals surface area contributed by atoms with E-state index in [0.717, 1.165) is 24.3 Å². The standard InChI is InChI=1S/C14H18N2OS/c1-2-13-5-6-14(18-13)10-17-12-4-3-11(7-8-15)16-9-12/h3-6,9H,2,7-8,10,15H2,1H3. The number of aromatic nitrogens is 1. The minimum Gasteiger partial charge on any atom is -0.486 e. The van der Waals surface area contributed by atoms with Crippen LogP contribution in [0, 0.1) is 0 Å². The number of ether oxygens (including phenoxy) is 1. The lowest BCUT2D eigenvalue weighted by Crippen LogP contribution is -2.04. The zero-order chi connectivity index (χ0) is 12.8. The van der Waals surface area contributed by atoms with Crippen LogP contribution in [0.25, 0.3) is 0 Å². The fourth-order valence-electron chi connectivity index (χ4n) is 1.64. The molecule has 3 nitrogen and oxygen atoms in total. The molecule has 0 aliphatic rings. The minimum atomic E-state index is 0.614. The molecule has 96 valence electrons. The van der Waals surface area contributed by atoms with Gasteiger partial charge in [-0.3, -0.25) is 4.98 Å². The molecular formula is C14H18N2OS. The van der Waals surface area contributed by atoms with Gasteiger partial charge in [-0.15, -0.1) is 11.3 Å². The highest BCUT2D eigenvalue weighted by Gasteiger charge is 2.01. The Morgan fingerprint density at radius 1 is 1.22 bits per heavy atom. The first kappa shape index (κ1) is 13.1. The Bertz CT molecular complexity index is 479. The number of hydrogen-bond donors (Lipinski definition) is 1. The summed E-state index contributed by atoms with van der Waals surface area (Å²) in [4.78, 5) is 6.94. The second kappa shape index (κ2) is 6.52. The van der Waals surface area contributed by atoms with Gasteiger partial charge in [0, 0.05) is 21.9 Å². The molecule has 2 aromatic heterocycles. The highest BCUT2D eigenvalue weighted by atomic mass is 32.1. The van der Waals surface area contributed by atoms with Gasteiger partial charge in [-0.1, -0.05) is 6.92 Å². The van der Waals surface area contributed by atoms with Gasteiger partial charge in [0.2, 0.25) is 0 Å². The van der Waals surface area contributed by atoms with Gasteiger partial charge in [0.1, 0.15) is 12.4 Å². The lowest BCUT2D eigenvalue weighted by Gasteiger charge is -2.05. The third-order valence-corrected chi connectivity index (χ3v) is 3.85. The quantitative estimate of drug-likeness (QED) is 0.871. The maximum absolute atomic E-state index is 5.70. The third-order valence-electron chi connectivity index (χ3n) is 2.64. The summed E-state index contributed by atoms with van der Waals surface area (Å²) < 4.78 is 5.70. The van der Waals surface area contributed by atoms with Gasteiger partial charge < -0.3 is 10.5 Å². The second-order valence-corrected chi connectivity index (χ2v) is 5.29. The average molecular weight is 262 g/mol. The highest BCUT2D eigenvalue weighted by Crippen LogP contribution is 2.19. The van der Waals surface area contributed by atoms with Crippen LogP contribution in [0.4, 0.5) is 0 Å². The molecule has 18 heavy (non-hydrogen) atoms. The molecular weight excluding hydrogens is 244 g/mol. The topological polar surface area (TPSA) is 48.1 Å². The summed E-state index contributed by atoms with van der Waals surface area (Å²) in [6, 6.07) is 8.20. The SMILES string of the molecule is CCc1ccc(COc2ccc(CCN)nc2)s1. The van der Waals surface area contributed by atoms with E-state index in [1.54, 1.807) is 17.5 Å². The summed E-state index contributed by atoms with van der Waals surface area (Å²) in [5.41, 5.74) is 6.49. The molecule has 0 aliphatic carbocycles. The molecule has 0 spiro atoms. The molecule has 0 amide bonds. The Kier molecular flexibility index (Phi) is 4.73. The monoisotopic (exact) mass is 262 g/mol. The van der Waals surface area contributed by atoms with Crippen molar-refractivity contribution >= 4 is 11.3 Å².